The molecule has 0 heterocycles. The summed E-state index contributed by atoms with van der Waals surface area (Å²) in [6.07, 6.45) is 3.30. The molecule has 5 heteroatoms. The number of nitrogens with zero attached hydrogens (tertiary/aromatic N) is 1. The summed E-state index contributed by atoms with van der Waals surface area (Å²) in [7, 11) is 1.64. The summed E-state index contributed by atoms with van der Waals surface area (Å²) in [5.74, 6) is -1.15. The molecular weight excluding hydrogens is 292 g/mol. The Labute approximate surface area is 137 Å². The summed E-state index contributed by atoms with van der Waals surface area (Å²) in [4.78, 5) is 24.6. The van der Waals surface area contributed by atoms with E-state index in [0.717, 1.165) is 19.3 Å². The highest BCUT2D eigenvalue weighted by Gasteiger charge is 2.27. The highest BCUT2D eigenvalue weighted by molar-refractivity contribution is 5.76. The van der Waals surface area contributed by atoms with Crippen LogP contribution in [0.2, 0.25) is 0 Å². The minimum atomic E-state index is -0.890. The zero-order valence-electron chi connectivity index (χ0n) is 14.1. The number of carbonyl (C=O) groups is 2. The SMILES string of the molecule is CC(CN(C)C(=O)N[C@H](C)C1CCCc2ccccc21)C(=O)O. The Bertz CT molecular complexity index is 573. The van der Waals surface area contributed by atoms with Gasteiger partial charge in [0.15, 0.2) is 0 Å². The highest BCUT2D eigenvalue weighted by atomic mass is 16.4. The quantitative estimate of drug-likeness (QED) is 0.877. The first-order valence-electron chi connectivity index (χ1n) is 8.22. The fourth-order valence-corrected chi connectivity index (χ4v) is 3.29. The topological polar surface area (TPSA) is 69.6 Å². The van der Waals surface area contributed by atoms with Crippen molar-refractivity contribution in [2.75, 3.05) is 13.6 Å². The molecule has 2 N–H and O–H groups in total. The number of carboxylic acid groups (broad SMARTS) is 1. The van der Waals surface area contributed by atoms with Crippen molar-refractivity contribution >= 4 is 12.0 Å². The van der Waals surface area contributed by atoms with E-state index in [1.807, 2.05) is 13.0 Å². The van der Waals surface area contributed by atoms with E-state index >= 15 is 0 Å². The van der Waals surface area contributed by atoms with Crippen LogP contribution in [0.4, 0.5) is 4.79 Å². The molecule has 1 aromatic rings. The molecule has 1 aromatic carbocycles. The molecule has 2 rings (SSSR count). The van der Waals surface area contributed by atoms with E-state index in [1.165, 1.54) is 16.0 Å². The first-order valence-corrected chi connectivity index (χ1v) is 8.22. The smallest absolute Gasteiger partial charge is 0.317 e. The first-order chi connectivity index (χ1) is 10.9. The number of aliphatic carboxylic acids is 1. The number of fused-ring (bicyclic) bond motifs is 1. The maximum absolute atomic E-state index is 12.3. The third-order valence-corrected chi connectivity index (χ3v) is 4.69. The van der Waals surface area contributed by atoms with E-state index in [1.54, 1.807) is 14.0 Å². The number of hydrogen-bond acceptors (Lipinski definition) is 2. The van der Waals surface area contributed by atoms with E-state index < -0.39 is 11.9 Å². The number of benzene rings is 1. The van der Waals surface area contributed by atoms with Crippen molar-refractivity contribution < 1.29 is 14.7 Å². The Balaban J connectivity index is 1.98. The minimum absolute atomic E-state index is 0.0199. The van der Waals surface area contributed by atoms with Crippen LogP contribution in [0.3, 0.4) is 0 Å². The van der Waals surface area contributed by atoms with Gasteiger partial charge in [-0.1, -0.05) is 31.2 Å². The molecule has 0 radical (unpaired) electrons. The molecule has 0 fully saturated rings. The number of amides is 2. The van der Waals surface area contributed by atoms with E-state index in [4.69, 9.17) is 5.11 Å². The number of rotatable bonds is 5. The molecule has 1 aliphatic carbocycles. The number of carboxylic acids is 1. The Hall–Kier alpha value is -2.04. The average Bonchev–Trinajstić information content (AvgIpc) is 2.53. The summed E-state index contributed by atoms with van der Waals surface area (Å²) in [5, 5.41) is 12.0. The van der Waals surface area contributed by atoms with Crippen LogP contribution in [0, 0.1) is 5.92 Å². The molecule has 2 unspecified atom stereocenters. The van der Waals surface area contributed by atoms with Crippen LogP contribution in [-0.4, -0.2) is 41.6 Å². The second-order valence-electron chi connectivity index (χ2n) is 6.56. The summed E-state index contributed by atoms with van der Waals surface area (Å²) in [5.41, 5.74) is 2.70. The third kappa shape index (κ3) is 4.24. The summed E-state index contributed by atoms with van der Waals surface area (Å²) in [6, 6.07) is 8.23. The fourth-order valence-electron chi connectivity index (χ4n) is 3.29. The maximum atomic E-state index is 12.3. The molecule has 0 aromatic heterocycles. The van der Waals surface area contributed by atoms with Gasteiger partial charge in [-0.25, -0.2) is 4.79 Å². The lowest BCUT2D eigenvalue weighted by molar-refractivity contribution is -0.141. The van der Waals surface area contributed by atoms with Crippen LogP contribution in [0.15, 0.2) is 24.3 Å². The predicted molar refractivity (Wildman–Crippen MR) is 89.5 cm³/mol. The number of hydrogen-bond donors (Lipinski definition) is 2. The monoisotopic (exact) mass is 318 g/mol. The molecule has 0 saturated heterocycles. The van der Waals surface area contributed by atoms with Gasteiger partial charge in [0, 0.05) is 25.6 Å². The van der Waals surface area contributed by atoms with Gasteiger partial charge in [-0.3, -0.25) is 4.79 Å². The van der Waals surface area contributed by atoms with Crippen molar-refractivity contribution in [3.8, 4) is 0 Å². The second kappa shape index (κ2) is 7.49. The average molecular weight is 318 g/mol. The normalized spacial score (nSPS) is 19.3. The molecule has 1 aliphatic rings. The molecule has 2 amide bonds. The Kier molecular flexibility index (Phi) is 5.64. The zero-order chi connectivity index (χ0) is 17.0. The van der Waals surface area contributed by atoms with Crippen molar-refractivity contribution in [1.29, 1.82) is 0 Å². The van der Waals surface area contributed by atoms with Crippen LogP contribution >= 0.6 is 0 Å². The van der Waals surface area contributed by atoms with Crippen molar-refractivity contribution in [3.63, 3.8) is 0 Å². The summed E-state index contributed by atoms with van der Waals surface area (Å²) in [6.45, 7) is 3.83. The molecule has 23 heavy (non-hydrogen) atoms. The molecule has 0 spiro atoms. The lowest BCUT2D eigenvalue weighted by Crippen LogP contribution is -2.46. The minimum Gasteiger partial charge on any atom is -0.481 e. The van der Waals surface area contributed by atoms with Crippen molar-refractivity contribution in [2.45, 2.75) is 45.1 Å². The van der Waals surface area contributed by atoms with Crippen molar-refractivity contribution in [3.05, 3.63) is 35.4 Å². The van der Waals surface area contributed by atoms with Crippen LogP contribution in [0.1, 0.15) is 43.7 Å². The van der Waals surface area contributed by atoms with Gasteiger partial charge in [0.05, 0.1) is 5.92 Å². The van der Waals surface area contributed by atoms with Gasteiger partial charge in [0.1, 0.15) is 0 Å². The largest absolute Gasteiger partial charge is 0.481 e. The van der Waals surface area contributed by atoms with E-state index in [-0.39, 0.29) is 18.6 Å². The zero-order valence-corrected chi connectivity index (χ0v) is 14.1. The second-order valence-corrected chi connectivity index (χ2v) is 6.56. The first kappa shape index (κ1) is 17.3. The molecular formula is C18H26N2O3. The highest BCUT2D eigenvalue weighted by Crippen LogP contribution is 2.33. The van der Waals surface area contributed by atoms with Gasteiger partial charge < -0.3 is 15.3 Å². The standard InChI is InChI=1S/C18H26N2O3/c1-12(17(21)22)11-20(3)18(23)19-13(2)15-10-6-8-14-7-4-5-9-16(14)15/h4-5,7,9,12-13,15H,6,8,10-11H2,1-3H3,(H,19,23)(H,21,22)/t12?,13-,15?/m1/s1. The molecule has 0 aliphatic heterocycles. The van der Waals surface area contributed by atoms with Gasteiger partial charge in [0.25, 0.3) is 0 Å². The van der Waals surface area contributed by atoms with Crippen molar-refractivity contribution in [1.82, 2.24) is 10.2 Å². The Morgan fingerprint density at radius 3 is 2.74 bits per heavy atom. The Morgan fingerprint density at radius 1 is 1.35 bits per heavy atom. The fraction of sp³-hybridized carbons (Fsp3) is 0.556. The summed E-state index contributed by atoms with van der Waals surface area (Å²) < 4.78 is 0. The predicted octanol–water partition coefficient (Wildman–Crippen LogP) is 2.86. The number of urea groups is 1. The maximum Gasteiger partial charge on any atom is 0.317 e. The van der Waals surface area contributed by atoms with Gasteiger partial charge in [0.2, 0.25) is 0 Å². The number of aryl methyl sites for hydroxylation is 1. The third-order valence-electron chi connectivity index (χ3n) is 4.69. The lowest BCUT2D eigenvalue weighted by Gasteiger charge is -2.32. The van der Waals surface area contributed by atoms with E-state index in [0.29, 0.717) is 5.92 Å². The van der Waals surface area contributed by atoms with E-state index in [2.05, 4.69) is 23.5 Å². The van der Waals surface area contributed by atoms with Gasteiger partial charge in [-0.15, -0.1) is 0 Å². The van der Waals surface area contributed by atoms with Gasteiger partial charge in [-0.2, -0.15) is 0 Å². The molecule has 5 nitrogen and oxygen atoms in total. The summed E-state index contributed by atoms with van der Waals surface area (Å²) >= 11 is 0. The molecule has 126 valence electrons. The Morgan fingerprint density at radius 2 is 2.04 bits per heavy atom. The molecule has 0 bridgehead atoms. The number of nitrogens with one attached hydrogen (secondary N) is 1. The van der Waals surface area contributed by atoms with Crippen LogP contribution in [0.5, 0.6) is 0 Å². The van der Waals surface area contributed by atoms with Crippen molar-refractivity contribution in [2.24, 2.45) is 5.92 Å². The van der Waals surface area contributed by atoms with Gasteiger partial charge in [-0.05, 0) is 37.3 Å². The molecule has 0 saturated carbocycles. The van der Waals surface area contributed by atoms with Crippen LogP contribution in [0.25, 0.3) is 0 Å². The van der Waals surface area contributed by atoms with E-state index in [9.17, 15) is 9.59 Å². The van der Waals surface area contributed by atoms with Crippen LogP contribution in [-0.2, 0) is 11.2 Å². The number of carbonyl (C=O) groups excluding carboxylic acids is 1. The molecule has 3 atom stereocenters. The van der Waals surface area contributed by atoms with Gasteiger partial charge >= 0.3 is 12.0 Å². The lowest BCUT2D eigenvalue weighted by atomic mass is 9.79. The van der Waals surface area contributed by atoms with Crippen LogP contribution < -0.4 is 5.32 Å².